The normalized spacial score (nSPS) is 12.7. The highest BCUT2D eigenvalue weighted by Crippen LogP contribution is 2.36. The van der Waals surface area contributed by atoms with Crippen LogP contribution in [0.3, 0.4) is 0 Å². The largest absolute Gasteiger partial charge is 0.497 e. The molecule has 2 rings (SSSR count). The number of unbranched alkanes of at least 4 members (excludes halogenated alkanes) is 1. The number of hydrogen-bond acceptors (Lipinski definition) is 5. The van der Waals surface area contributed by atoms with Gasteiger partial charge in [-0.3, -0.25) is 0 Å². The van der Waals surface area contributed by atoms with Crippen LogP contribution in [0, 0.1) is 11.6 Å². The summed E-state index contributed by atoms with van der Waals surface area (Å²) in [5, 5.41) is -1.21. The molecule has 0 saturated carbocycles. The number of methoxy groups -OCH3 is 1. The molecule has 8 heteroatoms. The molecule has 2 aromatic rings. The first kappa shape index (κ1) is 21.3. The van der Waals surface area contributed by atoms with Crippen molar-refractivity contribution in [2.24, 2.45) is 0 Å². The Morgan fingerprint density at radius 1 is 1.07 bits per heavy atom. The first-order valence-corrected chi connectivity index (χ1v) is 10.0. The number of benzene rings is 2. The van der Waals surface area contributed by atoms with Crippen molar-refractivity contribution < 1.29 is 26.8 Å². The van der Waals surface area contributed by atoms with Crippen LogP contribution in [0.5, 0.6) is 5.75 Å². The van der Waals surface area contributed by atoms with Gasteiger partial charge >= 0.3 is 0 Å². The summed E-state index contributed by atoms with van der Waals surface area (Å²) in [7, 11) is -1.04. The SMILES string of the molecule is CONCCCCC(c1cc(F)ccc1F)S(=O)(=O)c1cccc(OC)c1. The molecule has 5 nitrogen and oxygen atoms in total. The molecule has 0 fully saturated rings. The van der Waals surface area contributed by atoms with Gasteiger partial charge in [-0.05, 0) is 49.2 Å². The van der Waals surface area contributed by atoms with E-state index in [2.05, 4.69) is 5.48 Å². The molecule has 0 amide bonds. The van der Waals surface area contributed by atoms with E-state index in [-0.39, 0.29) is 16.9 Å². The lowest BCUT2D eigenvalue weighted by atomic mass is 10.1. The molecule has 0 radical (unpaired) electrons. The maximum absolute atomic E-state index is 14.4. The van der Waals surface area contributed by atoms with Crippen molar-refractivity contribution >= 4 is 9.84 Å². The van der Waals surface area contributed by atoms with Gasteiger partial charge in [0.25, 0.3) is 0 Å². The molecule has 2 aromatic carbocycles. The van der Waals surface area contributed by atoms with Gasteiger partial charge in [0.05, 0.1) is 24.4 Å². The van der Waals surface area contributed by atoms with E-state index in [0.717, 1.165) is 18.2 Å². The van der Waals surface area contributed by atoms with Crippen molar-refractivity contribution in [3.05, 3.63) is 59.7 Å². The van der Waals surface area contributed by atoms with E-state index in [1.807, 2.05) is 0 Å². The Morgan fingerprint density at radius 2 is 1.85 bits per heavy atom. The molecule has 0 saturated heterocycles. The lowest BCUT2D eigenvalue weighted by Crippen LogP contribution is -2.17. The van der Waals surface area contributed by atoms with Gasteiger partial charge in [-0.1, -0.05) is 12.5 Å². The van der Waals surface area contributed by atoms with Crippen LogP contribution in [-0.4, -0.2) is 29.2 Å². The molecule has 1 N–H and O–H groups in total. The average molecular weight is 399 g/mol. The molecule has 0 aliphatic carbocycles. The van der Waals surface area contributed by atoms with Gasteiger partial charge in [0.1, 0.15) is 17.4 Å². The number of rotatable bonds is 10. The Hall–Kier alpha value is -2.03. The van der Waals surface area contributed by atoms with Crippen LogP contribution in [0.15, 0.2) is 47.4 Å². The Morgan fingerprint density at radius 3 is 2.56 bits per heavy atom. The van der Waals surface area contributed by atoms with Crippen molar-refractivity contribution in [1.29, 1.82) is 0 Å². The molecular weight excluding hydrogens is 376 g/mol. The first-order chi connectivity index (χ1) is 12.9. The minimum absolute atomic E-state index is 0.00512. The smallest absolute Gasteiger partial charge is 0.185 e. The highest BCUT2D eigenvalue weighted by molar-refractivity contribution is 7.91. The molecule has 27 heavy (non-hydrogen) atoms. The van der Waals surface area contributed by atoms with Crippen LogP contribution >= 0.6 is 0 Å². The third-order valence-electron chi connectivity index (χ3n) is 4.19. The second-order valence-corrected chi connectivity index (χ2v) is 8.10. The summed E-state index contributed by atoms with van der Waals surface area (Å²) in [6.45, 7) is 0.522. The predicted octanol–water partition coefficient (Wildman–Crippen LogP) is 3.81. The van der Waals surface area contributed by atoms with Crippen LogP contribution in [0.25, 0.3) is 0 Å². The fourth-order valence-corrected chi connectivity index (χ4v) is 4.68. The van der Waals surface area contributed by atoms with Gasteiger partial charge < -0.3 is 9.57 Å². The number of hydroxylamine groups is 1. The summed E-state index contributed by atoms with van der Waals surface area (Å²) in [6.07, 6.45) is 1.25. The molecule has 0 spiro atoms. The zero-order valence-electron chi connectivity index (χ0n) is 15.2. The van der Waals surface area contributed by atoms with Crippen LogP contribution in [-0.2, 0) is 14.7 Å². The maximum atomic E-state index is 14.4. The van der Waals surface area contributed by atoms with Crippen molar-refractivity contribution in [3.8, 4) is 5.75 Å². The number of ether oxygens (including phenoxy) is 1. The second-order valence-electron chi connectivity index (χ2n) is 5.97. The summed E-state index contributed by atoms with van der Waals surface area (Å²) in [6, 6.07) is 8.84. The molecule has 0 bridgehead atoms. The van der Waals surface area contributed by atoms with E-state index in [4.69, 9.17) is 9.57 Å². The van der Waals surface area contributed by atoms with Crippen molar-refractivity contribution in [3.63, 3.8) is 0 Å². The quantitative estimate of drug-likeness (QED) is 0.486. The molecule has 148 valence electrons. The fraction of sp³-hybridized carbons (Fsp3) is 0.368. The van der Waals surface area contributed by atoms with Crippen LogP contribution in [0.1, 0.15) is 30.1 Å². The second kappa shape index (κ2) is 9.77. The highest BCUT2D eigenvalue weighted by Gasteiger charge is 2.31. The molecular formula is C19H23F2NO4S. The van der Waals surface area contributed by atoms with Crippen LogP contribution in [0.2, 0.25) is 0 Å². The van der Waals surface area contributed by atoms with E-state index in [1.54, 1.807) is 12.1 Å². The molecule has 0 aliphatic rings. The Bertz CT molecular complexity index is 859. The first-order valence-electron chi connectivity index (χ1n) is 8.49. The zero-order chi connectivity index (χ0) is 19.9. The standard InChI is InChI=1S/C19H23F2NO4S/c1-25-15-6-5-7-16(13-15)27(23,24)19(8-3-4-11-22-26-2)17-12-14(20)9-10-18(17)21/h5-7,9-10,12-13,19,22H,3-4,8,11H2,1-2H3. The maximum Gasteiger partial charge on any atom is 0.185 e. The van der Waals surface area contributed by atoms with Crippen LogP contribution < -0.4 is 10.2 Å². The van der Waals surface area contributed by atoms with E-state index < -0.39 is 26.7 Å². The summed E-state index contributed by atoms with van der Waals surface area (Å²) >= 11 is 0. The number of halogens is 2. The summed E-state index contributed by atoms with van der Waals surface area (Å²) in [4.78, 5) is 4.74. The van der Waals surface area contributed by atoms with E-state index in [1.165, 1.54) is 26.4 Å². The molecule has 0 aliphatic heterocycles. The van der Waals surface area contributed by atoms with Gasteiger partial charge in [-0.15, -0.1) is 0 Å². The van der Waals surface area contributed by atoms with Gasteiger partial charge in [-0.2, -0.15) is 0 Å². The van der Waals surface area contributed by atoms with Gasteiger partial charge in [0.2, 0.25) is 0 Å². The monoisotopic (exact) mass is 399 g/mol. The Balaban J connectivity index is 2.39. The fourth-order valence-electron chi connectivity index (χ4n) is 2.81. The summed E-state index contributed by atoms with van der Waals surface area (Å²) in [5.74, 6) is -1.06. The molecule has 0 aromatic heterocycles. The number of sulfone groups is 1. The summed E-state index contributed by atoms with van der Waals surface area (Å²) in [5.41, 5.74) is 2.50. The third-order valence-corrected chi connectivity index (χ3v) is 6.34. The minimum Gasteiger partial charge on any atom is -0.497 e. The topological polar surface area (TPSA) is 64.6 Å². The predicted molar refractivity (Wildman–Crippen MR) is 98.1 cm³/mol. The van der Waals surface area contributed by atoms with Crippen molar-refractivity contribution in [2.45, 2.75) is 29.4 Å². The zero-order valence-corrected chi connectivity index (χ0v) is 16.1. The third kappa shape index (κ3) is 5.47. The van der Waals surface area contributed by atoms with Crippen molar-refractivity contribution in [1.82, 2.24) is 5.48 Å². The number of hydrogen-bond donors (Lipinski definition) is 1. The molecule has 0 heterocycles. The number of nitrogens with one attached hydrogen (secondary N) is 1. The van der Waals surface area contributed by atoms with Crippen molar-refractivity contribution in [2.75, 3.05) is 20.8 Å². The van der Waals surface area contributed by atoms with Gasteiger partial charge in [0.15, 0.2) is 9.84 Å². The Kier molecular flexibility index (Phi) is 7.70. The Labute approximate surface area is 158 Å². The molecule has 1 unspecified atom stereocenters. The lowest BCUT2D eigenvalue weighted by Gasteiger charge is -2.19. The van der Waals surface area contributed by atoms with E-state index in [9.17, 15) is 17.2 Å². The average Bonchev–Trinajstić information content (AvgIpc) is 2.66. The highest BCUT2D eigenvalue weighted by atomic mass is 32.2. The summed E-state index contributed by atoms with van der Waals surface area (Å²) < 4.78 is 59.5. The minimum atomic E-state index is -3.96. The van der Waals surface area contributed by atoms with E-state index in [0.29, 0.717) is 25.1 Å². The van der Waals surface area contributed by atoms with Crippen LogP contribution in [0.4, 0.5) is 8.78 Å². The van der Waals surface area contributed by atoms with E-state index >= 15 is 0 Å². The molecule has 1 atom stereocenters. The van der Waals surface area contributed by atoms with Gasteiger partial charge in [0, 0.05) is 12.1 Å². The lowest BCUT2D eigenvalue weighted by molar-refractivity contribution is 0.0905. The van der Waals surface area contributed by atoms with Gasteiger partial charge in [-0.25, -0.2) is 22.7 Å².